The first-order chi connectivity index (χ1) is 13.1. The molecule has 6 rings (SSSR count). The van der Waals surface area contributed by atoms with E-state index < -0.39 is 5.41 Å². The summed E-state index contributed by atoms with van der Waals surface area (Å²) in [5.74, 6) is 3.24. The Morgan fingerprint density at radius 2 is 1.67 bits per heavy atom. The molecule has 0 amide bonds. The lowest BCUT2D eigenvalue weighted by molar-refractivity contribution is -0.144. The minimum absolute atomic E-state index is 0.0667. The Kier molecular flexibility index (Phi) is 4.16. The molecule has 5 fully saturated rings. The largest absolute Gasteiger partial charge is 0.468 e. The highest BCUT2D eigenvalue weighted by molar-refractivity contribution is 5.87. The molecule has 1 unspecified atom stereocenters. The Morgan fingerprint density at radius 3 is 2.22 bits per heavy atom. The number of rotatable bonds is 6. The van der Waals surface area contributed by atoms with Crippen LogP contribution in [0.15, 0.2) is 30.3 Å². The van der Waals surface area contributed by atoms with Gasteiger partial charge in [0, 0.05) is 6.04 Å². The van der Waals surface area contributed by atoms with Gasteiger partial charge in [0.1, 0.15) is 0 Å². The topological polar surface area (TPSA) is 38.3 Å². The smallest absolute Gasteiger partial charge is 0.316 e. The first-order valence-corrected chi connectivity index (χ1v) is 10.9. The molecular weight excluding hydrogens is 334 g/mol. The molecule has 4 bridgehead atoms. The summed E-state index contributed by atoms with van der Waals surface area (Å²) in [5.41, 5.74) is 1.21. The maximum Gasteiger partial charge on any atom is 0.316 e. The highest BCUT2D eigenvalue weighted by Crippen LogP contribution is 2.61. The lowest BCUT2D eigenvalue weighted by Gasteiger charge is -2.59. The summed E-state index contributed by atoms with van der Waals surface area (Å²) in [6.45, 7) is 3.34. The second-order valence-corrected chi connectivity index (χ2v) is 10.1. The van der Waals surface area contributed by atoms with Crippen LogP contribution in [0.5, 0.6) is 0 Å². The summed E-state index contributed by atoms with van der Waals surface area (Å²) in [5, 5.41) is 3.90. The average Bonchev–Trinajstić information content (AvgIpc) is 3.40. The molecule has 0 aliphatic heterocycles. The Balaban J connectivity index is 1.27. The quantitative estimate of drug-likeness (QED) is 0.762. The van der Waals surface area contributed by atoms with Crippen molar-refractivity contribution < 1.29 is 9.53 Å². The first-order valence-electron chi connectivity index (χ1n) is 10.9. The number of carbonyl (C=O) groups is 1. The summed E-state index contributed by atoms with van der Waals surface area (Å²) in [6.07, 6.45) is 9.68. The fourth-order valence-electron chi connectivity index (χ4n) is 7.46. The van der Waals surface area contributed by atoms with Crippen LogP contribution in [0, 0.1) is 29.1 Å². The van der Waals surface area contributed by atoms with E-state index in [0.717, 1.165) is 36.3 Å². The van der Waals surface area contributed by atoms with E-state index in [1.807, 2.05) is 18.2 Å². The molecule has 5 saturated carbocycles. The van der Waals surface area contributed by atoms with E-state index in [2.05, 4.69) is 24.4 Å². The van der Waals surface area contributed by atoms with Gasteiger partial charge in [0.2, 0.25) is 0 Å². The normalized spacial score (nSPS) is 42.7. The van der Waals surface area contributed by atoms with E-state index in [0.29, 0.717) is 17.4 Å². The van der Waals surface area contributed by atoms with Crippen LogP contribution in [-0.4, -0.2) is 25.7 Å². The van der Waals surface area contributed by atoms with Crippen molar-refractivity contribution in [2.75, 3.05) is 13.7 Å². The van der Waals surface area contributed by atoms with E-state index in [4.69, 9.17) is 4.74 Å². The van der Waals surface area contributed by atoms with Gasteiger partial charge in [-0.2, -0.15) is 0 Å². The number of ether oxygens (including phenoxy) is 1. The average molecular weight is 368 g/mol. The summed E-state index contributed by atoms with van der Waals surface area (Å²) in [6, 6.07) is 10.8. The van der Waals surface area contributed by atoms with E-state index in [1.54, 1.807) is 0 Å². The SMILES string of the molecule is COC(=O)[C@]1(c2ccccc2)C[C@@H]1CNC(C)C12CC3CC(CC(C3)C1)C2. The number of esters is 1. The van der Waals surface area contributed by atoms with E-state index in [1.165, 1.54) is 45.6 Å². The van der Waals surface area contributed by atoms with Gasteiger partial charge in [-0.05, 0) is 93.1 Å². The fraction of sp³-hybridized carbons (Fsp3) is 0.708. The molecule has 3 heteroatoms. The third-order valence-electron chi connectivity index (χ3n) is 8.62. The minimum atomic E-state index is -0.426. The molecule has 5 aliphatic carbocycles. The predicted octanol–water partition coefficient (Wildman–Crippen LogP) is 4.31. The molecule has 3 atom stereocenters. The van der Waals surface area contributed by atoms with Crippen LogP contribution in [0.25, 0.3) is 0 Å². The van der Waals surface area contributed by atoms with Crippen molar-refractivity contribution in [1.82, 2.24) is 5.32 Å². The number of hydrogen-bond acceptors (Lipinski definition) is 3. The minimum Gasteiger partial charge on any atom is -0.468 e. The molecule has 1 N–H and O–H groups in total. The van der Waals surface area contributed by atoms with Crippen molar-refractivity contribution in [1.29, 1.82) is 0 Å². The molecule has 1 aromatic rings. The number of methoxy groups -OCH3 is 1. The molecule has 0 spiro atoms. The van der Waals surface area contributed by atoms with Crippen molar-refractivity contribution in [3.8, 4) is 0 Å². The Bertz CT molecular complexity index is 679. The predicted molar refractivity (Wildman–Crippen MR) is 106 cm³/mol. The van der Waals surface area contributed by atoms with Gasteiger partial charge in [0.25, 0.3) is 0 Å². The number of carbonyl (C=O) groups excluding carboxylic acids is 1. The molecular formula is C24H33NO2. The van der Waals surface area contributed by atoms with Gasteiger partial charge >= 0.3 is 5.97 Å². The number of nitrogens with one attached hydrogen (secondary N) is 1. The van der Waals surface area contributed by atoms with Gasteiger partial charge in [-0.15, -0.1) is 0 Å². The van der Waals surface area contributed by atoms with Crippen molar-refractivity contribution in [2.45, 2.75) is 63.3 Å². The third kappa shape index (κ3) is 2.76. The van der Waals surface area contributed by atoms with Crippen LogP contribution >= 0.6 is 0 Å². The standard InChI is InChI=1S/C24H33NO2/c1-16(23-11-17-8-18(12-23)10-19(9-17)13-23)25-15-21-14-24(21,22(26)27-2)20-6-4-3-5-7-20/h3-7,16-19,21,25H,8-15H2,1-2H3/t16?,17?,18?,19?,21-,23?,24+/m1/s1. The molecule has 27 heavy (non-hydrogen) atoms. The van der Waals surface area contributed by atoms with E-state index >= 15 is 0 Å². The number of benzene rings is 1. The van der Waals surface area contributed by atoms with Gasteiger partial charge in [-0.3, -0.25) is 4.79 Å². The summed E-state index contributed by atoms with van der Waals surface area (Å²) >= 11 is 0. The fourth-order valence-corrected chi connectivity index (χ4v) is 7.46. The molecule has 146 valence electrons. The Labute approximate surface area is 163 Å². The Morgan fingerprint density at radius 1 is 1.07 bits per heavy atom. The van der Waals surface area contributed by atoms with Crippen LogP contribution in [0.3, 0.4) is 0 Å². The summed E-state index contributed by atoms with van der Waals surface area (Å²) in [4.78, 5) is 12.6. The van der Waals surface area contributed by atoms with Gasteiger partial charge in [-0.1, -0.05) is 30.3 Å². The van der Waals surface area contributed by atoms with Gasteiger partial charge < -0.3 is 10.1 Å². The maximum absolute atomic E-state index is 12.6. The summed E-state index contributed by atoms with van der Waals surface area (Å²) in [7, 11) is 1.52. The zero-order valence-corrected chi connectivity index (χ0v) is 16.7. The molecule has 1 aromatic carbocycles. The highest BCUT2D eigenvalue weighted by atomic mass is 16.5. The molecule has 0 aromatic heterocycles. The maximum atomic E-state index is 12.6. The lowest BCUT2D eigenvalue weighted by atomic mass is 9.48. The van der Waals surface area contributed by atoms with Crippen molar-refractivity contribution in [3.63, 3.8) is 0 Å². The number of hydrogen-bond donors (Lipinski definition) is 1. The highest BCUT2D eigenvalue weighted by Gasteiger charge is 2.62. The van der Waals surface area contributed by atoms with Crippen LogP contribution in [0.4, 0.5) is 0 Å². The monoisotopic (exact) mass is 367 g/mol. The van der Waals surface area contributed by atoms with Gasteiger partial charge in [0.05, 0.1) is 12.5 Å². The van der Waals surface area contributed by atoms with Crippen LogP contribution in [0.2, 0.25) is 0 Å². The van der Waals surface area contributed by atoms with Gasteiger partial charge in [-0.25, -0.2) is 0 Å². The molecule has 0 saturated heterocycles. The lowest BCUT2D eigenvalue weighted by Crippen LogP contribution is -2.55. The summed E-state index contributed by atoms with van der Waals surface area (Å²) < 4.78 is 5.20. The van der Waals surface area contributed by atoms with Crippen LogP contribution in [-0.2, 0) is 14.9 Å². The second kappa shape index (κ2) is 6.34. The second-order valence-electron chi connectivity index (χ2n) is 10.1. The van der Waals surface area contributed by atoms with E-state index in [-0.39, 0.29) is 5.97 Å². The van der Waals surface area contributed by atoms with Gasteiger partial charge in [0.15, 0.2) is 0 Å². The zero-order chi connectivity index (χ0) is 18.6. The van der Waals surface area contributed by atoms with E-state index in [9.17, 15) is 4.79 Å². The van der Waals surface area contributed by atoms with Crippen LogP contribution in [0.1, 0.15) is 57.4 Å². The molecule has 5 aliphatic rings. The van der Waals surface area contributed by atoms with Crippen LogP contribution < -0.4 is 5.32 Å². The third-order valence-corrected chi connectivity index (χ3v) is 8.62. The molecule has 0 heterocycles. The first kappa shape index (κ1) is 17.7. The Hall–Kier alpha value is -1.35. The van der Waals surface area contributed by atoms with Crippen molar-refractivity contribution >= 4 is 5.97 Å². The zero-order valence-electron chi connectivity index (χ0n) is 16.7. The molecule has 3 nitrogen and oxygen atoms in total. The molecule has 0 radical (unpaired) electrons. The van der Waals surface area contributed by atoms with Crippen molar-refractivity contribution in [2.24, 2.45) is 29.1 Å². The van der Waals surface area contributed by atoms with Crippen molar-refractivity contribution in [3.05, 3.63) is 35.9 Å².